The summed E-state index contributed by atoms with van der Waals surface area (Å²) >= 11 is 5.80. The molecule has 126 valence electrons. The van der Waals surface area contributed by atoms with E-state index in [0.29, 0.717) is 31.0 Å². The second kappa shape index (κ2) is 8.07. The maximum absolute atomic E-state index is 10.9. The van der Waals surface area contributed by atoms with Gasteiger partial charge < -0.3 is 9.80 Å². The van der Waals surface area contributed by atoms with Crippen molar-refractivity contribution in [2.45, 2.75) is 26.3 Å². The van der Waals surface area contributed by atoms with Gasteiger partial charge in [0.1, 0.15) is 10.3 Å². The predicted octanol–water partition coefficient (Wildman–Crippen LogP) is 2.05. The molecule has 0 N–H and O–H groups in total. The normalized spacial score (nSPS) is 17.8. The molecule has 0 saturated carbocycles. The Balaban J connectivity index is 2.21. The summed E-state index contributed by atoms with van der Waals surface area (Å²) in [6.45, 7) is 4.52. The number of hydrogen-bond donors (Lipinski definition) is 0. The molecule has 1 aromatic rings. The zero-order valence-corrected chi connectivity index (χ0v) is 14.1. The molecule has 1 fully saturated rings. The second-order valence-electron chi connectivity index (χ2n) is 5.58. The molecule has 0 amide bonds. The number of hydrogen-bond acceptors (Lipinski definition) is 4. The van der Waals surface area contributed by atoms with Crippen molar-refractivity contribution in [2.75, 3.05) is 26.9 Å². The fourth-order valence-corrected chi connectivity index (χ4v) is 2.63. The molecule has 0 radical (unpaired) electrons. The van der Waals surface area contributed by atoms with Crippen LogP contribution in [0.2, 0.25) is 5.15 Å². The molecule has 0 bridgehead atoms. The Morgan fingerprint density at radius 1 is 1.39 bits per heavy atom. The van der Waals surface area contributed by atoms with Crippen LogP contribution in [-0.4, -0.2) is 57.6 Å². The third kappa shape index (κ3) is 5.04. The zero-order valence-electron chi connectivity index (χ0n) is 13.4. The van der Waals surface area contributed by atoms with Gasteiger partial charge in [0.05, 0.1) is 13.3 Å². The van der Waals surface area contributed by atoms with Crippen LogP contribution in [0.25, 0.3) is 0 Å². The molecule has 0 atom stereocenters. The van der Waals surface area contributed by atoms with Crippen LogP contribution in [-0.2, 0) is 6.54 Å². The number of halogens is 1. The van der Waals surface area contributed by atoms with Crippen LogP contribution < -0.4 is 0 Å². The molecule has 1 aliphatic rings. The van der Waals surface area contributed by atoms with Gasteiger partial charge in [0.2, 0.25) is 0 Å². The summed E-state index contributed by atoms with van der Waals surface area (Å²) in [6, 6.07) is 3.58. The first-order valence-electron chi connectivity index (χ1n) is 7.51. The Morgan fingerprint density at radius 3 is 2.74 bits per heavy atom. The smallest absolute Gasteiger partial charge is 0.276 e. The maximum atomic E-state index is 10.9. The van der Waals surface area contributed by atoms with Crippen LogP contribution in [0.15, 0.2) is 23.4 Å². The highest BCUT2D eigenvalue weighted by atomic mass is 35.5. The van der Waals surface area contributed by atoms with Crippen molar-refractivity contribution in [3.8, 4) is 0 Å². The summed E-state index contributed by atoms with van der Waals surface area (Å²) in [5.74, 6) is 0.400. The van der Waals surface area contributed by atoms with Crippen LogP contribution in [0.3, 0.4) is 0 Å². The number of guanidine groups is 1. The fraction of sp³-hybridized carbons (Fsp3) is 0.571. The second-order valence-corrected chi connectivity index (χ2v) is 5.97. The van der Waals surface area contributed by atoms with Gasteiger partial charge in [-0.2, -0.15) is 0 Å². The highest BCUT2D eigenvalue weighted by Gasteiger charge is 2.29. The Kier molecular flexibility index (Phi) is 6.12. The van der Waals surface area contributed by atoms with Crippen molar-refractivity contribution in [1.82, 2.24) is 19.7 Å². The Labute approximate surface area is 140 Å². The minimum Gasteiger partial charge on any atom is -0.324 e. The minimum atomic E-state index is -0.632. The quantitative estimate of drug-likeness (QED) is 0.448. The Hall–Kier alpha value is -1.93. The molecule has 0 aromatic carbocycles. The van der Waals surface area contributed by atoms with Crippen molar-refractivity contribution in [2.24, 2.45) is 5.10 Å². The van der Waals surface area contributed by atoms with Crippen molar-refractivity contribution in [3.63, 3.8) is 0 Å². The van der Waals surface area contributed by atoms with E-state index < -0.39 is 5.03 Å². The molecule has 0 spiro atoms. The van der Waals surface area contributed by atoms with Crippen molar-refractivity contribution < 1.29 is 5.03 Å². The molecular formula is C14H21ClN6O2. The summed E-state index contributed by atoms with van der Waals surface area (Å²) in [7, 11) is 1.98. The van der Waals surface area contributed by atoms with Gasteiger partial charge in [0.15, 0.2) is 5.03 Å². The average Bonchev–Trinajstić information content (AvgIpc) is 2.50. The third-order valence-electron chi connectivity index (χ3n) is 3.50. The van der Waals surface area contributed by atoms with Gasteiger partial charge in [-0.1, -0.05) is 31.0 Å². The lowest BCUT2D eigenvalue weighted by molar-refractivity contribution is -0.486. The van der Waals surface area contributed by atoms with E-state index in [9.17, 15) is 10.1 Å². The van der Waals surface area contributed by atoms with Crippen LogP contribution in [0, 0.1) is 10.1 Å². The molecule has 9 heteroatoms. The van der Waals surface area contributed by atoms with E-state index >= 15 is 0 Å². The first-order valence-corrected chi connectivity index (χ1v) is 7.89. The molecule has 1 aliphatic heterocycles. The van der Waals surface area contributed by atoms with Crippen molar-refractivity contribution in [1.29, 1.82) is 0 Å². The lowest BCUT2D eigenvalue weighted by Gasteiger charge is -2.42. The van der Waals surface area contributed by atoms with E-state index in [1.807, 2.05) is 22.9 Å². The molecule has 8 nitrogen and oxygen atoms in total. The fourth-order valence-electron chi connectivity index (χ4n) is 2.51. The van der Waals surface area contributed by atoms with Crippen LogP contribution in [0.5, 0.6) is 0 Å². The van der Waals surface area contributed by atoms with Crippen LogP contribution >= 0.6 is 11.6 Å². The van der Waals surface area contributed by atoms with E-state index in [2.05, 4.69) is 21.9 Å². The summed E-state index contributed by atoms with van der Waals surface area (Å²) in [5.41, 5.74) is 0.927. The molecule has 0 aliphatic carbocycles. The van der Waals surface area contributed by atoms with Gasteiger partial charge >= 0.3 is 0 Å². The number of nitro groups is 1. The number of pyridine rings is 1. The summed E-state index contributed by atoms with van der Waals surface area (Å²) in [5, 5.41) is 14.3. The molecule has 0 unspecified atom stereocenters. The molecule has 1 aromatic heterocycles. The third-order valence-corrected chi connectivity index (χ3v) is 3.73. The predicted molar refractivity (Wildman–Crippen MR) is 88.3 cm³/mol. The number of unbranched alkanes of at least 4 members (excludes halogenated alkanes) is 1. The van der Waals surface area contributed by atoms with E-state index in [0.717, 1.165) is 24.9 Å². The van der Waals surface area contributed by atoms with E-state index in [1.54, 1.807) is 12.3 Å². The Bertz CT molecular complexity index is 565. The molecular weight excluding hydrogens is 320 g/mol. The average molecular weight is 341 g/mol. The van der Waals surface area contributed by atoms with Gasteiger partial charge in [-0.3, -0.25) is 4.90 Å². The molecule has 1 saturated heterocycles. The number of nitrogens with zero attached hydrogens (tertiary/aromatic N) is 6. The molecule has 2 heterocycles. The maximum Gasteiger partial charge on any atom is 0.276 e. The van der Waals surface area contributed by atoms with Crippen molar-refractivity contribution in [3.05, 3.63) is 39.2 Å². The van der Waals surface area contributed by atoms with E-state index in [4.69, 9.17) is 11.6 Å². The van der Waals surface area contributed by atoms with Crippen LogP contribution in [0.1, 0.15) is 25.3 Å². The topological polar surface area (TPSA) is 78.1 Å². The first kappa shape index (κ1) is 17.4. The first-order chi connectivity index (χ1) is 11.0. The van der Waals surface area contributed by atoms with Gasteiger partial charge in [0.25, 0.3) is 5.96 Å². The van der Waals surface area contributed by atoms with Crippen LogP contribution in [0.4, 0.5) is 0 Å². The number of hydrazone groups is 1. The summed E-state index contributed by atoms with van der Waals surface area (Å²) in [4.78, 5) is 20.9. The SMILES string of the molecule is CCCCN1CN(C)CN(Cc2ccc(Cl)nc2)/C1=N\[N+](=O)[O-]. The Morgan fingerprint density at radius 2 is 2.13 bits per heavy atom. The van der Waals surface area contributed by atoms with Gasteiger partial charge in [-0.05, 0) is 25.1 Å². The standard InChI is InChI=1S/C14H21ClN6O2/c1-3-4-7-19-10-18(2)11-20(14(19)17-21(22)23)9-12-5-6-13(15)16-8-12/h5-6,8H,3-4,7,9-11H2,1-2H3/b17-14-. The van der Waals surface area contributed by atoms with Gasteiger partial charge in [-0.15, -0.1) is 0 Å². The number of rotatable bonds is 6. The summed E-state index contributed by atoms with van der Waals surface area (Å²) in [6.07, 6.45) is 3.66. The lowest BCUT2D eigenvalue weighted by atomic mass is 10.2. The lowest BCUT2D eigenvalue weighted by Crippen LogP contribution is -2.57. The van der Waals surface area contributed by atoms with Crippen molar-refractivity contribution >= 4 is 17.6 Å². The highest BCUT2D eigenvalue weighted by Crippen LogP contribution is 2.15. The monoisotopic (exact) mass is 340 g/mol. The van der Waals surface area contributed by atoms with Gasteiger partial charge in [-0.25, -0.2) is 15.1 Å². The van der Waals surface area contributed by atoms with Gasteiger partial charge in [0, 0.05) is 19.3 Å². The highest BCUT2D eigenvalue weighted by molar-refractivity contribution is 6.29. The zero-order chi connectivity index (χ0) is 16.8. The minimum absolute atomic E-state index is 0.400. The van der Waals surface area contributed by atoms with E-state index in [1.165, 1.54) is 0 Å². The molecule has 23 heavy (non-hydrogen) atoms. The largest absolute Gasteiger partial charge is 0.324 e. The van der Waals surface area contributed by atoms with E-state index in [-0.39, 0.29) is 0 Å². The summed E-state index contributed by atoms with van der Waals surface area (Å²) < 4.78 is 0. The number of aromatic nitrogens is 1. The molecule has 2 rings (SSSR count).